The molecule has 0 radical (unpaired) electrons. The van der Waals surface area contributed by atoms with Crippen molar-refractivity contribution in [2.24, 2.45) is 0 Å². The lowest BCUT2D eigenvalue weighted by atomic mass is 10.2. The third-order valence-electron chi connectivity index (χ3n) is 4.86. The van der Waals surface area contributed by atoms with Gasteiger partial charge in [-0.3, -0.25) is 9.36 Å². The van der Waals surface area contributed by atoms with E-state index in [1.165, 1.54) is 11.8 Å². The number of hydrogen-bond acceptors (Lipinski definition) is 6. The van der Waals surface area contributed by atoms with E-state index < -0.39 is 0 Å². The van der Waals surface area contributed by atoms with Crippen LogP contribution < -0.4 is 10.1 Å². The van der Waals surface area contributed by atoms with E-state index in [-0.39, 0.29) is 18.3 Å². The minimum atomic E-state index is -0.153. The molecule has 2 aromatic carbocycles. The summed E-state index contributed by atoms with van der Waals surface area (Å²) in [5.74, 6) is 2.17. The van der Waals surface area contributed by atoms with Crippen molar-refractivity contribution in [2.45, 2.75) is 32.2 Å². The van der Waals surface area contributed by atoms with Gasteiger partial charge in [-0.2, -0.15) is 0 Å². The highest BCUT2D eigenvalue weighted by Crippen LogP contribution is 2.32. The number of nitrogens with one attached hydrogen (secondary N) is 1. The zero-order valence-corrected chi connectivity index (χ0v) is 22.5. The van der Waals surface area contributed by atoms with Crippen LogP contribution in [0.15, 0.2) is 73.3 Å². The first-order valence-corrected chi connectivity index (χ1v) is 13.0. The smallest absolute Gasteiger partial charge is 0.234 e. The lowest BCUT2D eigenvalue weighted by molar-refractivity contribution is -0.113. The summed E-state index contributed by atoms with van der Waals surface area (Å²) in [5, 5.41) is 12.2. The highest BCUT2D eigenvalue weighted by atomic mass is 79.9. The van der Waals surface area contributed by atoms with Crippen molar-refractivity contribution in [1.29, 1.82) is 0 Å². The van der Waals surface area contributed by atoms with Crippen molar-refractivity contribution in [3.8, 4) is 5.75 Å². The summed E-state index contributed by atoms with van der Waals surface area (Å²) in [7, 11) is 0. The quantitative estimate of drug-likeness (QED) is 0.223. The summed E-state index contributed by atoms with van der Waals surface area (Å²) in [6.45, 7) is 4.70. The van der Waals surface area contributed by atoms with Crippen molar-refractivity contribution in [1.82, 2.24) is 14.8 Å². The van der Waals surface area contributed by atoms with Crippen LogP contribution in [0.5, 0.6) is 5.75 Å². The molecular formula is C24H22Br2N4O3S. The number of carbonyl (C=O) groups excluding carboxylic acids is 1. The van der Waals surface area contributed by atoms with Crippen LogP contribution in [0.2, 0.25) is 0 Å². The Labute approximate surface area is 218 Å². The third kappa shape index (κ3) is 6.31. The summed E-state index contributed by atoms with van der Waals surface area (Å²) in [6.07, 6.45) is 1.62. The predicted molar refractivity (Wildman–Crippen MR) is 139 cm³/mol. The van der Waals surface area contributed by atoms with Crippen LogP contribution in [-0.2, 0) is 17.9 Å². The zero-order chi connectivity index (χ0) is 24.1. The van der Waals surface area contributed by atoms with Gasteiger partial charge in [0, 0.05) is 8.95 Å². The van der Waals surface area contributed by atoms with Gasteiger partial charge in [0.2, 0.25) is 5.91 Å². The summed E-state index contributed by atoms with van der Waals surface area (Å²) >= 11 is 8.32. The summed E-state index contributed by atoms with van der Waals surface area (Å²) < 4.78 is 15.0. The average Bonchev–Trinajstić information content (AvgIpc) is 3.45. The van der Waals surface area contributed by atoms with Gasteiger partial charge in [0.25, 0.3) is 0 Å². The number of thioether (sulfide) groups is 1. The molecule has 1 N–H and O–H groups in total. The molecule has 0 spiro atoms. The van der Waals surface area contributed by atoms with Crippen LogP contribution >= 0.6 is 43.6 Å². The van der Waals surface area contributed by atoms with Gasteiger partial charge in [-0.05, 0) is 87.7 Å². The number of carbonyl (C=O) groups is 1. The summed E-state index contributed by atoms with van der Waals surface area (Å²) in [5.41, 5.74) is 2.94. The van der Waals surface area contributed by atoms with Crippen molar-refractivity contribution < 1.29 is 13.9 Å². The first-order valence-electron chi connectivity index (χ1n) is 10.4. The Balaban J connectivity index is 1.46. The Morgan fingerprint density at radius 3 is 2.50 bits per heavy atom. The molecule has 0 atom stereocenters. The Morgan fingerprint density at radius 2 is 1.82 bits per heavy atom. The molecule has 176 valence electrons. The molecular weight excluding hydrogens is 584 g/mol. The number of amides is 1. The lowest BCUT2D eigenvalue weighted by Gasteiger charge is -2.12. The maximum absolute atomic E-state index is 12.7. The van der Waals surface area contributed by atoms with E-state index in [1.54, 1.807) is 6.26 Å². The highest BCUT2D eigenvalue weighted by molar-refractivity contribution is 9.11. The highest BCUT2D eigenvalue weighted by Gasteiger charge is 2.17. The van der Waals surface area contributed by atoms with Gasteiger partial charge in [-0.25, -0.2) is 0 Å². The normalized spacial score (nSPS) is 10.9. The monoisotopic (exact) mass is 604 g/mol. The minimum absolute atomic E-state index is 0.153. The number of halogens is 2. The molecule has 0 bridgehead atoms. The van der Waals surface area contributed by atoms with Gasteiger partial charge in [-0.1, -0.05) is 29.5 Å². The van der Waals surface area contributed by atoms with Gasteiger partial charge in [-0.15, -0.1) is 10.2 Å². The molecule has 0 saturated carbocycles. The maximum Gasteiger partial charge on any atom is 0.234 e. The van der Waals surface area contributed by atoms with E-state index in [4.69, 9.17) is 9.15 Å². The number of aryl methyl sites for hydroxylation is 2. The number of aromatic nitrogens is 3. The fourth-order valence-electron chi connectivity index (χ4n) is 3.16. The van der Waals surface area contributed by atoms with Gasteiger partial charge < -0.3 is 14.5 Å². The first-order chi connectivity index (χ1) is 16.4. The molecule has 34 heavy (non-hydrogen) atoms. The molecule has 0 saturated heterocycles. The molecule has 0 aliphatic rings. The Kier molecular flexibility index (Phi) is 8.12. The van der Waals surface area contributed by atoms with Crippen LogP contribution in [-0.4, -0.2) is 26.4 Å². The van der Waals surface area contributed by atoms with Crippen LogP contribution in [0.4, 0.5) is 5.69 Å². The lowest BCUT2D eigenvalue weighted by Crippen LogP contribution is -2.16. The van der Waals surface area contributed by atoms with E-state index >= 15 is 0 Å². The molecule has 2 aromatic heterocycles. The van der Waals surface area contributed by atoms with E-state index in [0.717, 1.165) is 31.6 Å². The van der Waals surface area contributed by atoms with E-state index in [2.05, 4.69) is 47.4 Å². The number of ether oxygens (including phenoxy) is 1. The molecule has 2 heterocycles. The average molecular weight is 606 g/mol. The summed E-state index contributed by atoms with van der Waals surface area (Å²) in [4.78, 5) is 12.7. The molecule has 10 heteroatoms. The Bertz CT molecular complexity index is 1250. The summed E-state index contributed by atoms with van der Waals surface area (Å²) in [6, 6.07) is 15.5. The number of rotatable bonds is 9. The topological polar surface area (TPSA) is 82.2 Å². The molecule has 0 aliphatic carbocycles. The third-order valence-corrected chi connectivity index (χ3v) is 7.08. The zero-order valence-electron chi connectivity index (χ0n) is 18.5. The van der Waals surface area contributed by atoms with Crippen LogP contribution in [0.3, 0.4) is 0 Å². The van der Waals surface area contributed by atoms with Gasteiger partial charge >= 0.3 is 0 Å². The van der Waals surface area contributed by atoms with Crippen molar-refractivity contribution in [3.05, 3.63) is 86.5 Å². The molecule has 0 fully saturated rings. The standard InChI is InChI=1S/C24H22Br2N4O3S/c1-15-5-7-17(8-6-15)33-13-21-28-29-24(30(21)12-18-4-3-9-32-18)34-14-22(31)27-23-19(25)10-16(2)11-20(23)26/h3-11H,12-14H2,1-2H3,(H,27,31). The predicted octanol–water partition coefficient (Wildman–Crippen LogP) is 6.37. The van der Waals surface area contributed by atoms with Gasteiger partial charge in [0.1, 0.15) is 18.1 Å². The second kappa shape index (κ2) is 11.2. The molecule has 4 aromatic rings. The van der Waals surface area contributed by atoms with Gasteiger partial charge in [0.15, 0.2) is 11.0 Å². The van der Waals surface area contributed by atoms with Crippen molar-refractivity contribution in [2.75, 3.05) is 11.1 Å². The number of nitrogens with zero attached hydrogens (tertiary/aromatic N) is 3. The molecule has 0 unspecified atom stereocenters. The fraction of sp³-hybridized carbons (Fsp3) is 0.208. The Hall–Kier alpha value is -2.56. The largest absolute Gasteiger partial charge is 0.486 e. The fourth-order valence-corrected chi connectivity index (χ4v) is 5.53. The van der Waals surface area contributed by atoms with Crippen LogP contribution in [0.25, 0.3) is 0 Å². The SMILES string of the molecule is Cc1ccc(OCc2nnc(SCC(=O)Nc3c(Br)cc(C)cc3Br)n2Cc2ccco2)cc1. The number of hydrogen-bond donors (Lipinski definition) is 1. The van der Waals surface area contributed by atoms with E-state index in [0.29, 0.717) is 23.2 Å². The number of furan rings is 1. The van der Waals surface area contributed by atoms with Crippen LogP contribution in [0, 0.1) is 13.8 Å². The molecule has 1 amide bonds. The minimum Gasteiger partial charge on any atom is -0.486 e. The van der Waals surface area contributed by atoms with Crippen molar-refractivity contribution >= 4 is 55.2 Å². The van der Waals surface area contributed by atoms with Crippen molar-refractivity contribution in [3.63, 3.8) is 0 Å². The second-order valence-corrected chi connectivity index (χ2v) is 10.3. The Morgan fingerprint density at radius 1 is 1.09 bits per heavy atom. The second-order valence-electron chi connectivity index (χ2n) is 7.61. The van der Waals surface area contributed by atoms with E-state index in [1.807, 2.05) is 66.9 Å². The van der Waals surface area contributed by atoms with E-state index in [9.17, 15) is 4.79 Å². The molecule has 4 rings (SSSR count). The molecule has 7 nitrogen and oxygen atoms in total. The maximum atomic E-state index is 12.7. The molecule has 0 aliphatic heterocycles. The van der Waals surface area contributed by atoms with Crippen LogP contribution in [0.1, 0.15) is 22.7 Å². The number of anilines is 1. The first kappa shape index (κ1) is 24.6. The number of benzene rings is 2. The van der Waals surface area contributed by atoms with Gasteiger partial charge in [0.05, 0.1) is 24.2 Å².